The maximum Gasteiger partial charge on any atom is 0.112 e. The summed E-state index contributed by atoms with van der Waals surface area (Å²) < 4.78 is 6.02. The van der Waals surface area contributed by atoms with Crippen molar-refractivity contribution < 1.29 is 5.11 Å². The average Bonchev–Trinajstić information content (AvgIpc) is 3.01. The molecule has 0 aliphatic rings. The van der Waals surface area contributed by atoms with Crippen molar-refractivity contribution in [1.82, 2.24) is 19.1 Å². The summed E-state index contributed by atoms with van der Waals surface area (Å²) >= 11 is 1.25. The highest BCUT2D eigenvalue weighted by atomic mass is 32.1. The molecule has 6 heteroatoms. The van der Waals surface area contributed by atoms with Gasteiger partial charge in [0, 0.05) is 13.0 Å². The summed E-state index contributed by atoms with van der Waals surface area (Å²) in [7, 11) is 0. The Balaban J connectivity index is 1.96. The van der Waals surface area contributed by atoms with Crippen molar-refractivity contribution in [2.45, 2.75) is 32.9 Å². The van der Waals surface area contributed by atoms with E-state index in [9.17, 15) is 5.11 Å². The number of aliphatic hydroxyl groups is 1. The lowest BCUT2D eigenvalue weighted by Crippen LogP contribution is -2.08. The van der Waals surface area contributed by atoms with E-state index in [1.807, 2.05) is 25.1 Å². The van der Waals surface area contributed by atoms with Crippen LogP contribution in [0.5, 0.6) is 0 Å². The van der Waals surface area contributed by atoms with Gasteiger partial charge in [0.25, 0.3) is 0 Å². The summed E-state index contributed by atoms with van der Waals surface area (Å²) in [6.07, 6.45) is -0.120. The normalized spacial score (nSPS) is 12.9. The lowest BCUT2D eigenvalue weighted by atomic mass is 10.2. The molecular weight excluding hydrogens is 272 g/mol. The molecule has 0 aliphatic carbocycles. The zero-order valence-electron chi connectivity index (χ0n) is 11.4. The van der Waals surface area contributed by atoms with E-state index in [0.717, 1.165) is 34.0 Å². The molecule has 2 aromatic heterocycles. The second-order valence-corrected chi connectivity index (χ2v) is 5.49. The standard InChI is InChI=1S/C14H16N4OS/c1-3-18-11-7-5-4-6-10(11)15-13(18)8-12(19)14-9(2)16-17-20-14/h4-7,12,19H,3,8H2,1-2H3. The zero-order valence-corrected chi connectivity index (χ0v) is 12.3. The van der Waals surface area contributed by atoms with Crippen LogP contribution >= 0.6 is 11.5 Å². The van der Waals surface area contributed by atoms with Gasteiger partial charge in [-0.05, 0) is 37.5 Å². The molecule has 0 amide bonds. The fraction of sp³-hybridized carbons (Fsp3) is 0.357. The number of aromatic nitrogens is 4. The minimum absolute atomic E-state index is 0.479. The van der Waals surface area contributed by atoms with Gasteiger partial charge in [-0.1, -0.05) is 16.6 Å². The Labute approximate surface area is 121 Å². The largest absolute Gasteiger partial charge is 0.387 e. The predicted molar refractivity (Wildman–Crippen MR) is 78.7 cm³/mol. The zero-order chi connectivity index (χ0) is 14.1. The number of aryl methyl sites for hydroxylation is 2. The third-order valence-electron chi connectivity index (χ3n) is 3.41. The minimum atomic E-state index is -0.600. The first-order valence-corrected chi connectivity index (χ1v) is 7.39. The second-order valence-electron chi connectivity index (χ2n) is 4.70. The van der Waals surface area contributed by atoms with Gasteiger partial charge in [0.2, 0.25) is 0 Å². The molecule has 5 nitrogen and oxygen atoms in total. The Morgan fingerprint density at radius 2 is 2.15 bits per heavy atom. The molecule has 1 N–H and O–H groups in total. The van der Waals surface area contributed by atoms with E-state index < -0.39 is 6.10 Å². The molecular formula is C14H16N4OS. The van der Waals surface area contributed by atoms with E-state index >= 15 is 0 Å². The molecule has 1 unspecified atom stereocenters. The SMILES string of the molecule is CCn1c(CC(O)c2snnc2C)nc2ccccc21. The first-order valence-electron chi connectivity index (χ1n) is 6.61. The summed E-state index contributed by atoms with van der Waals surface area (Å²) in [6.45, 7) is 4.79. The molecule has 3 rings (SSSR count). The molecule has 0 spiro atoms. The Morgan fingerprint density at radius 1 is 1.35 bits per heavy atom. The van der Waals surface area contributed by atoms with Crippen molar-refractivity contribution in [2.24, 2.45) is 0 Å². The van der Waals surface area contributed by atoms with Crippen LogP contribution in [0.2, 0.25) is 0 Å². The highest BCUT2D eigenvalue weighted by Gasteiger charge is 2.18. The van der Waals surface area contributed by atoms with Crippen molar-refractivity contribution in [3.05, 3.63) is 40.7 Å². The van der Waals surface area contributed by atoms with Crippen LogP contribution in [0.15, 0.2) is 24.3 Å². The van der Waals surface area contributed by atoms with Gasteiger partial charge in [-0.15, -0.1) is 5.10 Å². The van der Waals surface area contributed by atoms with E-state index in [1.165, 1.54) is 11.5 Å². The molecule has 0 fully saturated rings. The minimum Gasteiger partial charge on any atom is -0.387 e. The summed E-state index contributed by atoms with van der Waals surface area (Å²) in [5.41, 5.74) is 2.87. The number of aliphatic hydroxyl groups excluding tert-OH is 1. The number of rotatable bonds is 4. The van der Waals surface area contributed by atoms with Gasteiger partial charge in [0.15, 0.2) is 0 Å². The van der Waals surface area contributed by atoms with Crippen molar-refractivity contribution in [3.63, 3.8) is 0 Å². The number of hydrogen-bond acceptors (Lipinski definition) is 5. The highest BCUT2D eigenvalue weighted by Crippen LogP contribution is 2.25. The molecule has 0 radical (unpaired) electrons. The van der Waals surface area contributed by atoms with Gasteiger partial charge in [-0.2, -0.15) is 0 Å². The Kier molecular flexibility index (Phi) is 3.50. The fourth-order valence-corrected chi connectivity index (χ4v) is 3.07. The molecule has 1 atom stereocenters. The molecule has 1 aromatic carbocycles. The summed E-state index contributed by atoms with van der Waals surface area (Å²) in [6, 6.07) is 8.04. The number of benzene rings is 1. The second kappa shape index (κ2) is 5.30. The van der Waals surface area contributed by atoms with Crippen LogP contribution in [0.3, 0.4) is 0 Å². The van der Waals surface area contributed by atoms with E-state index in [2.05, 4.69) is 32.1 Å². The van der Waals surface area contributed by atoms with Crippen LogP contribution in [0.25, 0.3) is 11.0 Å². The van der Waals surface area contributed by atoms with Crippen LogP contribution in [-0.2, 0) is 13.0 Å². The van der Waals surface area contributed by atoms with E-state index in [4.69, 9.17) is 0 Å². The van der Waals surface area contributed by atoms with Crippen molar-refractivity contribution in [2.75, 3.05) is 0 Å². The maximum absolute atomic E-state index is 10.4. The molecule has 3 aromatic rings. The summed E-state index contributed by atoms with van der Waals surface area (Å²) in [5, 5.41) is 14.3. The van der Waals surface area contributed by atoms with Crippen LogP contribution in [0.1, 0.15) is 29.4 Å². The lowest BCUT2D eigenvalue weighted by Gasteiger charge is -2.10. The van der Waals surface area contributed by atoms with Crippen molar-refractivity contribution in [3.8, 4) is 0 Å². The molecule has 2 heterocycles. The summed E-state index contributed by atoms with van der Waals surface area (Å²) in [5.74, 6) is 0.897. The molecule has 20 heavy (non-hydrogen) atoms. The van der Waals surface area contributed by atoms with E-state index in [1.54, 1.807) is 0 Å². The van der Waals surface area contributed by atoms with Crippen LogP contribution in [-0.4, -0.2) is 24.2 Å². The molecule has 0 saturated carbocycles. The van der Waals surface area contributed by atoms with Gasteiger partial charge >= 0.3 is 0 Å². The van der Waals surface area contributed by atoms with Gasteiger partial charge in [0.1, 0.15) is 5.82 Å². The van der Waals surface area contributed by atoms with Gasteiger partial charge in [-0.3, -0.25) is 0 Å². The van der Waals surface area contributed by atoms with Gasteiger partial charge in [0.05, 0.1) is 27.7 Å². The van der Waals surface area contributed by atoms with Crippen molar-refractivity contribution in [1.29, 1.82) is 0 Å². The number of fused-ring (bicyclic) bond motifs is 1. The quantitative estimate of drug-likeness (QED) is 0.801. The monoisotopic (exact) mass is 288 g/mol. The van der Waals surface area contributed by atoms with Crippen molar-refractivity contribution >= 4 is 22.6 Å². The number of imidazole rings is 1. The van der Waals surface area contributed by atoms with Gasteiger partial charge in [-0.25, -0.2) is 4.98 Å². The number of para-hydroxylation sites is 2. The Hall–Kier alpha value is -1.79. The fourth-order valence-electron chi connectivity index (χ4n) is 2.44. The average molecular weight is 288 g/mol. The molecule has 0 aliphatic heterocycles. The third kappa shape index (κ3) is 2.21. The first kappa shape index (κ1) is 13.2. The third-order valence-corrected chi connectivity index (χ3v) is 4.34. The van der Waals surface area contributed by atoms with Crippen LogP contribution < -0.4 is 0 Å². The Bertz CT molecular complexity index is 734. The van der Waals surface area contributed by atoms with Crippen LogP contribution in [0, 0.1) is 6.92 Å². The maximum atomic E-state index is 10.4. The topological polar surface area (TPSA) is 63.8 Å². The first-order chi connectivity index (χ1) is 9.70. The lowest BCUT2D eigenvalue weighted by molar-refractivity contribution is 0.177. The predicted octanol–water partition coefficient (Wildman–Crippen LogP) is 2.49. The Morgan fingerprint density at radius 3 is 2.85 bits per heavy atom. The van der Waals surface area contributed by atoms with Gasteiger partial charge < -0.3 is 9.67 Å². The molecule has 104 valence electrons. The smallest absolute Gasteiger partial charge is 0.112 e. The molecule has 0 saturated heterocycles. The molecule has 0 bridgehead atoms. The summed E-state index contributed by atoms with van der Waals surface area (Å²) in [4.78, 5) is 5.45. The number of hydrogen-bond donors (Lipinski definition) is 1. The van der Waals surface area contributed by atoms with E-state index in [0.29, 0.717) is 6.42 Å². The number of nitrogens with zero attached hydrogens (tertiary/aromatic N) is 4. The van der Waals surface area contributed by atoms with E-state index in [-0.39, 0.29) is 0 Å². The highest BCUT2D eigenvalue weighted by molar-refractivity contribution is 7.05. The van der Waals surface area contributed by atoms with Crippen LogP contribution in [0.4, 0.5) is 0 Å².